The van der Waals surface area contributed by atoms with Crippen molar-refractivity contribution < 1.29 is 13.2 Å². The standard InChI is InChI=1S/C14H16F3N3/c1-9(2)7-18-8-10-3-4-20(19-10)14-6-12(16)11(15)5-13(14)17/h3-6,9,18H,7-8H2,1-2H3. The van der Waals surface area contributed by atoms with Crippen LogP contribution in [0, 0.1) is 23.4 Å². The fourth-order valence-electron chi connectivity index (χ4n) is 1.77. The highest BCUT2D eigenvalue weighted by Gasteiger charge is 2.12. The predicted molar refractivity (Wildman–Crippen MR) is 70.0 cm³/mol. The van der Waals surface area contributed by atoms with Gasteiger partial charge in [-0.25, -0.2) is 17.9 Å². The quantitative estimate of drug-likeness (QED) is 0.855. The van der Waals surface area contributed by atoms with Crippen LogP contribution in [0.15, 0.2) is 24.4 Å². The highest BCUT2D eigenvalue weighted by atomic mass is 19.2. The monoisotopic (exact) mass is 283 g/mol. The highest BCUT2D eigenvalue weighted by molar-refractivity contribution is 5.34. The van der Waals surface area contributed by atoms with Crippen molar-refractivity contribution >= 4 is 0 Å². The number of nitrogens with zero attached hydrogens (tertiary/aromatic N) is 2. The summed E-state index contributed by atoms with van der Waals surface area (Å²) < 4.78 is 40.8. The molecule has 0 unspecified atom stereocenters. The Hall–Kier alpha value is -1.82. The first kappa shape index (κ1) is 14.6. The van der Waals surface area contributed by atoms with Crippen LogP contribution in [0.4, 0.5) is 13.2 Å². The van der Waals surface area contributed by atoms with Crippen molar-refractivity contribution in [1.82, 2.24) is 15.1 Å². The molecule has 1 aromatic carbocycles. The third-order valence-corrected chi connectivity index (χ3v) is 2.74. The predicted octanol–water partition coefficient (Wildman–Crippen LogP) is 3.04. The second-order valence-electron chi connectivity index (χ2n) is 4.99. The van der Waals surface area contributed by atoms with Crippen LogP contribution in [0.1, 0.15) is 19.5 Å². The van der Waals surface area contributed by atoms with E-state index in [0.29, 0.717) is 24.2 Å². The third kappa shape index (κ3) is 3.39. The molecule has 3 nitrogen and oxygen atoms in total. The molecule has 0 aliphatic carbocycles. The van der Waals surface area contributed by atoms with Gasteiger partial charge in [-0.3, -0.25) is 0 Å². The second kappa shape index (κ2) is 6.09. The van der Waals surface area contributed by atoms with Gasteiger partial charge in [-0.2, -0.15) is 5.10 Å². The van der Waals surface area contributed by atoms with Crippen molar-refractivity contribution in [3.63, 3.8) is 0 Å². The largest absolute Gasteiger partial charge is 0.311 e. The van der Waals surface area contributed by atoms with Crippen molar-refractivity contribution in [2.45, 2.75) is 20.4 Å². The zero-order chi connectivity index (χ0) is 14.7. The van der Waals surface area contributed by atoms with Gasteiger partial charge in [-0.1, -0.05) is 13.8 Å². The molecule has 2 aromatic rings. The molecule has 0 bridgehead atoms. The Morgan fingerprint density at radius 2 is 1.85 bits per heavy atom. The third-order valence-electron chi connectivity index (χ3n) is 2.74. The summed E-state index contributed by atoms with van der Waals surface area (Å²) in [5.41, 5.74) is 0.591. The molecule has 0 atom stereocenters. The fourth-order valence-corrected chi connectivity index (χ4v) is 1.77. The molecular weight excluding hydrogens is 267 g/mol. The van der Waals surface area contributed by atoms with E-state index in [4.69, 9.17) is 0 Å². The zero-order valence-electron chi connectivity index (χ0n) is 11.3. The van der Waals surface area contributed by atoms with Crippen LogP contribution < -0.4 is 5.32 Å². The molecule has 1 N–H and O–H groups in total. The molecule has 20 heavy (non-hydrogen) atoms. The molecule has 0 saturated carbocycles. The molecule has 1 aromatic heterocycles. The van der Waals surface area contributed by atoms with Gasteiger partial charge in [0.2, 0.25) is 0 Å². The van der Waals surface area contributed by atoms with Crippen molar-refractivity contribution in [2.75, 3.05) is 6.54 Å². The van der Waals surface area contributed by atoms with E-state index in [9.17, 15) is 13.2 Å². The van der Waals surface area contributed by atoms with E-state index >= 15 is 0 Å². The van der Waals surface area contributed by atoms with E-state index in [1.807, 2.05) is 0 Å². The van der Waals surface area contributed by atoms with Crippen molar-refractivity contribution in [1.29, 1.82) is 0 Å². The number of aromatic nitrogens is 2. The summed E-state index contributed by atoms with van der Waals surface area (Å²) in [7, 11) is 0. The molecule has 0 spiro atoms. The molecule has 0 radical (unpaired) electrons. The minimum absolute atomic E-state index is 0.112. The van der Waals surface area contributed by atoms with Crippen LogP contribution >= 0.6 is 0 Å². The van der Waals surface area contributed by atoms with Gasteiger partial charge >= 0.3 is 0 Å². The number of benzene rings is 1. The Balaban J connectivity index is 2.14. The van der Waals surface area contributed by atoms with Crippen molar-refractivity contribution in [3.05, 3.63) is 47.5 Å². The molecule has 0 fully saturated rings. The first-order chi connectivity index (χ1) is 9.47. The molecule has 6 heteroatoms. The minimum Gasteiger partial charge on any atom is -0.311 e. The van der Waals surface area contributed by atoms with Gasteiger partial charge in [0, 0.05) is 24.9 Å². The summed E-state index contributed by atoms with van der Waals surface area (Å²) in [6, 6.07) is 3.01. The highest BCUT2D eigenvalue weighted by Crippen LogP contribution is 2.17. The Labute approximate surface area is 115 Å². The maximum Gasteiger partial charge on any atom is 0.161 e. The van der Waals surface area contributed by atoms with E-state index in [-0.39, 0.29) is 5.69 Å². The van der Waals surface area contributed by atoms with Crippen LogP contribution in [0.25, 0.3) is 5.69 Å². The second-order valence-corrected chi connectivity index (χ2v) is 4.99. The number of hydrogen-bond donors (Lipinski definition) is 1. The smallest absolute Gasteiger partial charge is 0.161 e. The Kier molecular flexibility index (Phi) is 4.44. The lowest BCUT2D eigenvalue weighted by atomic mass is 10.2. The zero-order valence-corrected chi connectivity index (χ0v) is 11.3. The SMILES string of the molecule is CC(C)CNCc1ccn(-c2cc(F)c(F)cc2F)n1. The molecular formula is C14H16F3N3. The van der Waals surface area contributed by atoms with Gasteiger partial charge in [-0.15, -0.1) is 0 Å². The summed E-state index contributed by atoms with van der Waals surface area (Å²) in [6.07, 6.45) is 1.52. The average molecular weight is 283 g/mol. The molecule has 0 aliphatic heterocycles. The van der Waals surface area contributed by atoms with Gasteiger partial charge in [0.1, 0.15) is 5.69 Å². The van der Waals surface area contributed by atoms with E-state index in [1.54, 1.807) is 6.07 Å². The summed E-state index contributed by atoms with van der Waals surface area (Å²) in [5, 5.41) is 7.33. The van der Waals surface area contributed by atoms with Crippen LogP contribution in [0.2, 0.25) is 0 Å². The fraction of sp³-hybridized carbons (Fsp3) is 0.357. The molecule has 1 heterocycles. The number of hydrogen-bond acceptors (Lipinski definition) is 2. The first-order valence-corrected chi connectivity index (χ1v) is 6.37. The normalized spacial score (nSPS) is 11.3. The molecule has 108 valence electrons. The number of halogens is 3. The van der Waals surface area contributed by atoms with E-state index in [2.05, 4.69) is 24.3 Å². The van der Waals surface area contributed by atoms with E-state index in [1.165, 1.54) is 10.9 Å². The summed E-state index contributed by atoms with van der Waals surface area (Å²) in [5.74, 6) is -2.65. The van der Waals surface area contributed by atoms with Crippen molar-refractivity contribution in [2.24, 2.45) is 5.92 Å². The number of nitrogens with one attached hydrogen (secondary N) is 1. The van der Waals surface area contributed by atoms with E-state index in [0.717, 1.165) is 12.6 Å². The van der Waals surface area contributed by atoms with Crippen LogP contribution in [0.3, 0.4) is 0 Å². The van der Waals surface area contributed by atoms with E-state index < -0.39 is 17.5 Å². The van der Waals surface area contributed by atoms with Gasteiger partial charge in [0.25, 0.3) is 0 Å². The minimum atomic E-state index is -1.21. The molecule has 0 amide bonds. The van der Waals surface area contributed by atoms with Gasteiger partial charge in [-0.05, 0) is 18.5 Å². The lowest BCUT2D eigenvalue weighted by Gasteiger charge is -2.06. The molecule has 2 rings (SSSR count). The number of rotatable bonds is 5. The van der Waals surface area contributed by atoms with Crippen molar-refractivity contribution in [3.8, 4) is 5.69 Å². The first-order valence-electron chi connectivity index (χ1n) is 6.37. The summed E-state index contributed by atoms with van der Waals surface area (Å²) in [6.45, 7) is 5.55. The Bertz CT molecular complexity index is 593. The maximum absolute atomic E-state index is 13.6. The Morgan fingerprint density at radius 3 is 2.55 bits per heavy atom. The molecule has 0 aliphatic rings. The molecule has 0 saturated heterocycles. The van der Waals surface area contributed by atoms with Crippen LogP contribution in [-0.2, 0) is 6.54 Å². The average Bonchev–Trinajstić information content (AvgIpc) is 2.82. The Morgan fingerprint density at radius 1 is 1.15 bits per heavy atom. The topological polar surface area (TPSA) is 29.9 Å². The van der Waals surface area contributed by atoms with Gasteiger partial charge in [0.15, 0.2) is 17.5 Å². The van der Waals surface area contributed by atoms with Crippen LogP contribution in [-0.4, -0.2) is 16.3 Å². The van der Waals surface area contributed by atoms with Gasteiger partial charge in [0.05, 0.1) is 5.69 Å². The van der Waals surface area contributed by atoms with Gasteiger partial charge < -0.3 is 5.32 Å². The van der Waals surface area contributed by atoms with Crippen LogP contribution in [0.5, 0.6) is 0 Å². The summed E-state index contributed by atoms with van der Waals surface area (Å²) in [4.78, 5) is 0. The lowest BCUT2D eigenvalue weighted by molar-refractivity contribution is 0.491. The maximum atomic E-state index is 13.6. The lowest BCUT2D eigenvalue weighted by Crippen LogP contribution is -2.19. The summed E-state index contributed by atoms with van der Waals surface area (Å²) >= 11 is 0.